The normalized spacial score (nSPS) is 10.5. The minimum Gasteiger partial charge on any atom is -0.434 e. The number of benzene rings is 2. The molecule has 3 nitrogen and oxygen atoms in total. The van der Waals surface area contributed by atoms with Gasteiger partial charge in [-0.3, -0.25) is 4.79 Å². The first-order valence-corrected chi connectivity index (χ1v) is 6.53. The first-order chi connectivity index (χ1) is 9.97. The summed E-state index contributed by atoms with van der Waals surface area (Å²) in [5.41, 5.74) is 0.245. The SMILES string of the molecule is O=C(Nc1cc(Cl)ccc1Cl)c1ccccc1OC(F)F. The van der Waals surface area contributed by atoms with E-state index in [1.165, 1.54) is 36.4 Å². The highest BCUT2D eigenvalue weighted by Gasteiger charge is 2.16. The number of nitrogens with one attached hydrogen (secondary N) is 1. The highest BCUT2D eigenvalue weighted by molar-refractivity contribution is 6.35. The van der Waals surface area contributed by atoms with Crippen LogP contribution >= 0.6 is 23.2 Å². The lowest BCUT2D eigenvalue weighted by Crippen LogP contribution is -2.15. The van der Waals surface area contributed by atoms with Gasteiger partial charge in [0, 0.05) is 5.02 Å². The summed E-state index contributed by atoms with van der Waals surface area (Å²) in [4.78, 5) is 12.1. The Labute approximate surface area is 129 Å². The minimum atomic E-state index is -3.02. The van der Waals surface area contributed by atoms with Crippen molar-refractivity contribution in [2.75, 3.05) is 5.32 Å². The molecule has 0 radical (unpaired) electrons. The standard InChI is InChI=1S/C14H9Cl2F2NO2/c15-8-5-6-10(16)11(7-8)19-13(20)9-3-1-2-4-12(9)21-14(17)18/h1-7,14H,(H,19,20). The first kappa shape index (κ1) is 15.5. The lowest BCUT2D eigenvalue weighted by molar-refractivity contribution is -0.0501. The molecular weight excluding hydrogens is 323 g/mol. The van der Waals surface area contributed by atoms with Crippen molar-refractivity contribution in [3.05, 3.63) is 58.1 Å². The van der Waals surface area contributed by atoms with Crippen LogP contribution in [0.3, 0.4) is 0 Å². The van der Waals surface area contributed by atoms with Crippen molar-refractivity contribution in [2.45, 2.75) is 6.61 Å². The van der Waals surface area contributed by atoms with E-state index in [-0.39, 0.29) is 22.0 Å². The third-order valence-electron chi connectivity index (χ3n) is 2.52. The largest absolute Gasteiger partial charge is 0.434 e. The number of hydrogen-bond donors (Lipinski definition) is 1. The van der Waals surface area contributed by atoms with Crippen LogP contribution in [0.2, 0.25) is 10.0 Å². The molecule has 0 saturated heterocycles. The molecule has 0 bridgehead atoms. The van der Waals surface area contributed by atoms with Gasteiger partial charge < -0.3 is 10.1 Å². The number of hydrogen-bond acceptors (Lipinski definition) is 2. The summed E-state index contributed by atoms with van der Waals surface area (Å²) in [6.07, 6.45) is 0. The average Bonchev–Trinajstić information content (AvgIpc) is 2.42. The van der Waals surface area contributed by atoms with E-state index in [2.05, 4.69) is 10.1 Å². The highest BCUT2D eigenvalue weighted by Crippen LogP contribution is 2.27. The highest BCUT2D eigenvalue weighted by atomic mass is 35.5. The van der Waals surface area contributed by atoms with E-state index in [0.717, 1.165) is 0 Å². The predicted molar refractivity (Wildman–Crippen MR) is 77.5 cm³/mol. The van der Waals surface area contributed by atoms with Gasteiger partial charge in [-0.1, -0.05) is 35.3 Å². The summed E-state index contributed by atoms with van der Waals surface area (Å²) in [5, 5.41) is 3.16. The van der Waals surface area contributed by atoms with Crippen LogP contribution in [-0.4, -0.2) is 12.5 Å². The Balaban J connectivity index is 2.26. The Morgan fingerprint density at radius 2 is 1.86 bits per heavy atom. The molecule has 2 aromatic rings. The number of anilines is 1. The summed E-state index contributed by atoms with van der Waals surface area (Å²) >= 11 is 11.7. The van der Waals surface area contributed by atoms with Crippen LogP contribution < -0.4 is 10.1 Å². The first-order valence-electron chi connectivity index (χ1n) is 5.77. The summed E-state index contributed by atoms with van der Waals surface area (Å²) in [5.74, 6) is -0.849. The van der Waals surface area contributed by atoms with Crippen molar-refractivity contribution in [2.24, 2.45) is 0 Å². The summed E-state index contributed by atoms with van der Waals surface area (Å²) < 4.78 is 28.9. The molecule has 0 saturated carbocycles. The average molecular weight is 332 g/mol. The van der Waals surface area contributed by atoms with E-state index in [9.17, 15) is 13.6 Å². The van der Waals surface area contributed by atoms with Crippen molar-refractivity contribution in [1.29, 1.82) is 0 Å². The Morgan fingerprint density at radius 1 is 1.14 bits per heavy atom. The predicted octanol–water partition coefficient (Wildman–Crippen LogP) is 4.85. The number of halogens is 4. The molecule has 0 aliphatic rings. The number of rotatable bonds is 4. The lowest BCUT2D eigenvalue weighted by atomic mass is 10.2. The summed E-state index contributed by atoms with van der Waals surface area (Å²) in [6, 6.07) is 10.2. The maximum absolute atomic E-state index is 12.3. The molecule has 0 unspecified atom stereocenters. The molecule has 2 aromatic carbocycles. The smallest absolute Gasteiger partial charge is 0.387 e. The van der Waals surface area contributed by atoms with Crippen LogP contribution in [0, 0.1) is 0 Å². The minimum absolute atomic E-state index is 0.0335. The molecule has 0 fully saturated rings. The van der Waals surface area contributed by atoms with Crippen LogP contribution in [-0.2, 0) is 0 Å². The van der Waals surface area contributed by atoms with Gasteiger partial charge in [-0.05, 0) is 30.3 Å². The Morgan fingerprint density at radius 3 is 2.57 bits per heavy atom. The molecule has 110 valence electrons. The molecule has 0 spiro atoms. The van der Waals surface area contributed by atoms with Crippen molar-refractivity contribution in [3.8, 4) is 5.75 Å². The monoisotopic (exact) mass is 331 g/mol. The van der Waals surface area contributed by atoms with Gasteiger partial charge in [0.05, 0.1) is 16.3 Å². The fraction of sp³-hybridized carbons (Fsp3) is 0.0714. The molecule has 0 aliphatic carbocycles. The van der Waals surface area contributed by atoms with E-state index in [1.54, 1.807) is 6.07 Å². The van der Waals surface area contributed by atoms with Crippen LogP contribution in [0.5, 0.6) is 5.75 Å². The Kier molecular flexibility index (Phi) is 4.98. The molecule has 1 N–H and O–H groups in total. The van der Waals surface area contributed by atoms with E-state index < -0.39 is 12.5 Å². The summed E-state index contributed by atoms with van der Waals surface area (Å²) in [7, 11) is 0. The van der Waals surface area contributed by atoms with E-state index in [0.29, 0.717) is 5.02 Å². The second-order valence-corrected chi connectivity index (χ2v) is 4.80. The van der Waals surface area contributed by atoms with Gasteiger partial charge in [-0.25, -0.2) is 0 Å². The molecule has 0 heterocycles. The maximum atomic E-state index is 12.3. The van der Waals surface area contributed by atoms with Crippen LogP contribution in [0.25, 0.3) is 0 Å². The number of para-hydroxylation sites is 1. The van der Waals surface area contributed by atoms with Gasteiger partial charge in [0.2, 0.25) is 0 Å². The summed E-state index contributed by atoms with van der Waals surface area (Å²) in [6.45, 7) is -3.02. The molecule has 2 rings (SSSR count). The van der Waals surface area contributed by atoms with Crippen molar-refractivity contribution >= 4 is 34.8 Å². The molecule has 21 heavy (non-hydrogen) atoms. The van der Waals surface area contributed by atoms with E-state index in [1.807, 2.05) is 0 Å². The number of ether oxygens (including phenoxy) is 1. The topological polar surface area (TPSA) is 38.3 Å². The number of amides is 1. The van der Waals surface area contributed by atoms with Gasteiger partial charge in [-0.15, -0.1) is 0 Å². The third-order valence-corrected chi connectivity index (χ3v) is 3.09. The van der Waals surface area contributed by atoms with Gasteiger partial charge in [0.25, 0.3) is 5.91 Å². The fourth-order valence-corrected chi connectivity index (χ4v) is 1.97. The Bertz CT molecular complexity index is 665. The van der Waals surface area contributed by atoms with Crippen LogP contribution in [0.4, 0.5) is 14.5 Å². The third kappa shape index (κ3) is 4.06. The number of carbonyl (C=O) groups is 1. The van der Waals surface area contributed by atoms with Crippen molar-refractivity contribution in [3.63, 3.8) is 0 Å². The lowest BCUT2D eigenvalue weighted by Gasteiger charge is -2.11. The van der Waals surface area contributed by atoms with Gasteiger partial charge in [0.1, 0.15) is 5.75 Å². The van der Waals surface area contributed by atoms with Crippen LogP contribution in [0.1, 0.15) is 10.4 Å². The number of carbonyl (C=O) groups excluding carboxylic acids is 1. The number of alkyl halides is 2. The zero-order valence-electron chi connectivity index (χ0n) is 10.4. The van der Waals surface area contributed by atoms with E-state index >= 15 is 0 Å². The van der Waals surface area contributed by atoms with E-state index in [4.69, 9.17) is 23.2 Å². The zero-order chi connectivity index (χ0) is 15.4. The molecule has 0 aromatic heterocycles. The molecule has 0 atom stereocenters. The van der Waals surface area contributed by atoms with Crippen LogP contribution in [0.15, 0.2) is 42.5 Å². The maximum Gasteiger partial charge on any atom is 0.387 e. The second-order valence-electron chi connectivity index (χ2n) is 3.95. The Hall–Kier alpha value is -1.85. The van der Waals surface area contributed by atoms with Gasteiger partial charge in [-0.2, -0.15) is 8.78 Å². The zero-order valence-corrected chi connectivity index (χ0v) is 12.0. The molecule has 0 aliphatic heterocycles. The molecule has 7 heteroatoms. The van der Waals surface area contributed by atoms with Crippen molar-refractivity contribution in [1.82, 2.24) is 0 Å². The second kappa shape index (κ2) is 6.74. The van der Waals surface area contributed by atoms with Crippen molar-refractivity contribution < 1.29 is 18.3 Å². The fourth-order valence-electron chi connectivity index (χ4n) is 1.64. The van der Waals surface area contributed by atoms with Gasteiger partial charge >= 0.3 is 6.61 Å². The van der Waals surface area contributed by atoms with Gasteiger partial charge in [0.15, 0.2) is 0 Å². The molecule has 1 amide bonds. The molecular formula is C14H9Cl2F2NO2. The quantitative estimate of drug-likeness (QED) is 0.869.